The fraction of sp³-hybridized carbons (Fsp3) is 0.238. The lowest BCUT2D eigenvalue weighted by Gasteiger charge is -2.13. The Hall–Kier alpha value is -3.89. The second-order valence-electron chi connectivity index (χ2n) is 6.89. The van der Waals surface area contributed by atoms with Crippen LogP contribution in [-0.2, 0) is 10.9 Å². The summed E-state index contributed by atoms with van der Waals surface area (Å²) in [5, 5.41) is 3.38. The SMILES string of the molecule is O=C(NCCN1CCOC1=O)c1ccc2cc(Oc3ccc(C(F)(F)F)cn3)ccc2n1. The number of rotatable bonds is 6. The van der Waals surface area contributed by atoms with E-state index >= 15 is 0 Å². The largest absolute Gasteiger partial charge is 0.448 e. The van der Waals surface area contributed by atoms with Gasteiger partial charge in [-0.25, -0.2) is 14.8 Å². The Morgan fingerprint density at radius 2 is 2.03 bits per heavy atom. The van der Waals surface area contributed by atoms with Crippen LogP contribution in [0.25, 0.3) is 10.9 Å². The number of hydrogen-bond donors (Lipinski definition) is 1. The lowest BCUT2D eigenvalue weighted by Crippen LogP contribution is -2.35. The molecule has 2 amide bonds. The Balaban J connectivity index is 1.39. The minimum Gasteiger partial charge on any atom is -0.448 e. The number of hydrogen-bond acceptors (Lipinski definition) is 6. The Labute approximate surface area is 180 Å². The van der Waals surface area contributed by atoms with Crippen LogP contribution in [0.2, 0.25) is 0 Å². The smallest absolute Gasteiger partial charge is 0.417 e. The number of ether oxygens (including phenoxy) is 2. The summed E-state index contributed by atoms with van der Waals surface area (Å²) in [4.78, 5) is 33.2. The van der Waals surface area contributed by atoms with Gasteiger partial charge < -0.3 is 19.7 Å². The van der Waals surface area contributed by atoms with Crippen LogP contribution in [0.4, 0.5) is 18.0 Å². The van der Waals surface area contributed by atoms with Gasteiger partial charge in [-0.3, -0.25) is 4.79 Å². The van der Waals surface area contributed by atoms with Gasteiger partial charge in [0.1, 0.15) is 18.1 Å². The number of aromatic nitrogens is 2. The van der Waals surface area contributed by atoms with Crippen molar-refractivity contribution < 1.29 is 32.2 Å². The van der Waals surface area contributed by atoms with Gasteiger partial charge in [-0.2, -0.15) is 13.2 Å². The van der Waals surface area contributed by atoms with Gasteiger partial charge in [0, 0.05) is 30.7 Å². The molecule has 8 nitrogen and oxygen atoms in total. The van der Waals surface area contributed by atoms with Gasteiger partial charge in [0.2, 0.25) is 5.88 Å². The average Bonchev–Trinajstić information content (AvgIpc) is 3.17. The lowest BCUT2D eigenvalue weighted by molar-refractivity contribution is -0.137. The van der Waals surface area contributed by atoms with E-state index in [2.05, 4.69) is 15.3 Å². The first kappa shape index (κ1) is 21.3. The van der Waals surface area contributed by atoms with E-state index in [0.717, 1.165) is 12.1 Å². The summed E-state index contributed by atoms with van der Waals surface area (Å²) in [6.45, 7) is 1.45. The second kappa shape index (κ2) is 8.69. The molecule has 4 rings (SSSR count). The maximum absolute atomic E-state index is 12.6. The summed E-state index contributed by atoms with van der Waals surface area (Å²) >= 11 is 0. The first-order valence-electron chi connectivity index (χ1n) is 9.61. The second-order valence-corrected chi connectivity index (χ2v) is 6.89. The van der Waals surface area contributed by atoms with Crippen LogP contribution >= 0.6 is 0 Å². The molecule has 11 heteroatoms. The van der Waals surface area contributed by atoms with Crippen LogP contribution in [0.3, 0.4) is 0 Å². The predicted molar refractivity (Wildman–Crippen MR) is 106 cm³/mol. The van der Waals surface area contributed by atoms with E-state index in [1.807, 2.05) is 0 Å². The number of halogens is 3. The highest BCUT2D eigenvalue weighted by Gasteiger charge is 2.30. The van der Waals surface area contributed by atoms with Gasteiger partial charge >= 0.3 is 12.3 Å². The predicted octanol–water partition coefficient (Wildman–Crippen LogP) is 3.62. The van der Waals surface area contributed by atoms with E-state index in [4.69, 9.17) is 9.47 Å². The van der Waals surface area contributed by atoms with Gasteiger partial charge in [0.25, 0.3) is 5.91 Å². The maximum atomic E-state index is 12.6. The Morgan fingerprint density at radius 3 is 2.72 bits per heavy atom. The lowest BCUT2D eigenvalue weighted by atomic mass is 10.2. The molecule has 2 aromatic heterocycles. The number of alkyl halides is 3. The molecule has 1 saturated heterocycles. The zero-order valence-corrected chi connectivity index (χ0v) is 16.6. The van der Waals surface area contributed by atoms with E-state index in [9.17, 15) is 22.8 Å². The molecule has 0 spiro atoms. The molecule has 166 valence electrons. The number of nitrogens with one attached hydrogen (secondary N) is 1. The molecule has 0 bridgehead atoms. The van der Waals surface area contributed by atoms with Gasteiger partial charge in [0.15, 0.2) is 0 Å². The van der Waals surface area contributed by atoms with E-state index in [1.165, 1.54) is 4.90 Å². The third kappa shape index (κ3) is 4.88. The molecule has 1 aliphatic rings. The molecular weight excluding hydrogens is 429 g/mol. The number of carbonyl (C=O) groups excluding carboxylic acids is 2. The monoisotopic (exact) mass is 446 g/mol. The minimum absolute atomic E-state index is 0.0168. The molecular formula is C21H17F3N4O4. The third-order valence-corrected chi connectivity index (χ3v) is 4.69. The van der Waals surface area contributed by atoms with Gasteiger partial charge in [0.05, 0.1) is 17.6 Å². The van der Waals surface area contributed by atoms with Gasteiger partial charge in [-0.1, -0.05) is 6.07 Å². The maximum Gasteiger partial charge on any atom is 0.417 e. The molecule has 32 heavy (non-hydrogen) atoms. The van der Waals surface area contributed by atoms with Crippen LogP contribution in [-0.4, -0.2) is 53.1 Å². The van der Waals surface area contributed by atoms with Crippen molar-refractivity contribution >= 4 is 22.9 Å². The molecule has 0 saturated carbocycles. The van der Waals surface area contributed by atoms with Crippen LogP contribution < -0.4 is 10.1 Å². The summed E-state index contributed by atoms with van der Waals surface area (Å²) in [7, 11) is 0. The Morgan fingerprint density at radius 1 is 1.19 bits per heavy atom. The third-order valence-electron chi connectivity index (χ3n) is 4.69. The number of fused-ring (bicyclic) bond motifs is 1. The van der Waals surface area contributed by atoms with Crippen molar-refractivity contribution in [2.45, 2.75) is 6.18 Å². The van der Waals surface area contributed by atoms with Crippen molar-refractivity contribution in [3.63, 3.8) is 0 Å². The highest BCUT2D eigenvalue weighted by atomic mass is 19.4. The van der Waals surface area contributed by atoms with E-state index < -0.39 is 17.8 Å². The summed E-state index contributed by atoms with van der Waals surface area (Å²) in [6, 6.07) is 10.1. The van der Waals surface area contributed by atoms with Gasteiger partial charge in [-0.15, -0.1) is 0 Å². The van der Waals surface area contributed by atoms with Crippen LogP contribution in [0.1, 0.15) is 16.1 Å². The fourth-order valence-corrected chi connectivity index (χ4v) is 3.05. The molecule has 0 aliphatic carbocycles. The molecule has 1 aliphatic heterocycles. The van der Waals surface area contributed by atoms with Crippen molar-refractivity contribution in [2.24, 2.45) is 0 Å². The fourth-order valence-electron chi connectivity index (χ4n) is 3.05. The van der Waals surface area contributed by atoms with Crippen LogP contribution in [0.5, 0.6) is 11.6 Å². The topological polar surface area (TPSA) is 93.7 Å². The zero-order chi connectivity index (χ0) is 22.7. The number of nitrogens with zero attached hydrogens (tertiary/aromatic N) is 3. The molecule has 0 radical (unpaired) electrons. The summed E-state index contributed by atoms with van der Waals surface area (Å²) in [5.41, 5.74) is -0.119. The van der Waals surface area contributed by atoms with Crippen molar-refractivity contribution in [1.29, 1.82) is 0 Å². The molecule has 0 unspecified atom stereocenters. The zero-order valence-electron chi connectivity index (χ0n) is 16.6. The molecule has 1 N–H and O–H groups in total. The average molecular weight is 446 g/mol. The van der Waals surface area contributed by atoms with Crippen molar-refractivity contribution in [1.82, 2.24) is 20.2 Å². The van der Waals surface area contributed by atoms with E-state index in [-0.39, 0.29) is 24.0 Å². The molecule has 1 fully saturated rings. The van der Waals surface area contributed by atoms with Crippen molar-refractivity contribution in [2.75, 3.05) is 26.2 Å². The summed E-state index contributed by atoms with van der Waals surface area (Å²) in [5.74, 6) is -0.00167. The first-order valence-corrected chi connectivity index (χ1v) is 9.61. The number of carbonyl (C=O) groups is 2. The number of pyridine rings is 2. The number of cyclic esters (lactones) is 1. The minimum atomic E-state index is -4.47. The number of benzene rings is 1. The molecule has 3 aromatic rings. The van der Waals surface area contributed by atoms with Crippen molar-refractivity contribution in [3.05, 3.63) is 59.9 Å². The Bertz CT molecular complexity index is 1150. The quantitative estimate of drug-likeness (QED) is 0.622. The standard InChI is InChI=1S/C21H17F3N4O4/c22-21(23,24)14-2-6-18(26-12-14)32-15-3-5-16-13(11-15)1-4-17(27-16)19(29)25-7-8-28-9-10-31-20(28)30/h1-6,11-12H,7-10H2,(H,25,29). The van der Waals surface area contributed by atoms with Crippen LogP contribution in [0.15, 0.2) is 48.7 Å². The van der Waals surface area contributed by atoms with Gasteiger partial charge in [-0.05, 0) is 30.3 Å². The molecule has 1 aromatic carbocycles. The Kier molecular flexibility index (Phi) is 5.80. The number of amides is 2. The normalized spacial score (nSPS) is 13.8. The molecule has 0 atom stereocenters. The van der Waals surface area contributed by atoms with Crippen molar-refractivity contribution in [3.8, 4) is 11.6 Å². The highest BCUT2D eigenvalue weighted by molar-refractivity contribution is 5.95. The van der Waals surface area contributed by atoms with Crippen LogP contribution in [0, 0.1) is 0 Å². The summed E-state index contributed by atoms with van der Waals surface area (Å²) in [6.07, 6.45) is -4.16. The van der Waals surface area contributed by atoms with E-state index in [0.29, 0.717) is 42.5 Å². The first-order chi connectivity index (χ1) is 15.3. The molecule has 3 heterocycles. The summed E-state index contributed by atoms with van der Waals surface area (Å²) < 4.78 is 48.2. The van der Waals surface area contributed by atoms with E-state index in [1.54, 1.807) is 30.3 Å². The highest BCUT2D eigenvalue weighted by Crippen LogP contribution is 2.30.